The highest BCUT2D eigenvalue weighted by atomic mass is 35.5. The zero-order chi connectivity index (χ0) is 33.8. The summed E-state index contributed by atoms with van der Waals surface area (Å²) >= 11 is 11.8. The average Bonchev–Trinajstić information content (AvgIpc) is 2.98. The molecule has 0 radical (unpaired) electrons. The summed E-state index contributed by atoms with van der Waals surface area (Å²) in [6.07, 6.45) is -7.80. The monoisotopic (exact) mass is 686 g/mol. The number of nitrogens with one attached hydrogen (secondary N) is 1. The molecule has 0 fully saturated rings. The molecule has 1 unspecified atom stereocenters. The van der Waals surface area contributed by atoms with Gasteiger partial charge in [-0.05, 0) is 72.4 Å². The maximum Gasteiger partial charge on any atom is 0.417 e. The number of carbonyl (C=O) groups is 2. The fourth-order valence-electron chi connectivity index (χ4n) is 6.43. The third-order valence-electron chi connectivity index (χ3n) is 8.74. The first-order chi connectivity index (χ1) is 21.5. The number of pyridine rings is 1. The van der Waals surface area contributed by atoms with Crippen LogP contribution in [0.2, 0.25) is 10.0 Å². The van der Waals surface area contributed by atoms with Crippen molar-refractivity contribution < 1.29 is 35.9 Å². The van der Waals surface area contributed by atoms with E-state index in [9.17, 15) is 35.9 Å². The van der Waals surface area contributed by atoms with Crippen LogP contribution in [0.3, 0.4) is 0 Å². The molecule has 14 heteroatoms. The molecule has 246 valence electrons. The SMILES string of the molecule is CCCCC1(C(F)(F)F)C2=C(Nc3ccc(Cl)cc31)C(=O)N(C)CC2.CN1CCc2c(nc3ccc(Cl)cc3c2C(F)(F)F)C1=O. The molecule has 2 amide bonds. The molecule has 6 rings (SSSR count). The van der Waals surface area contributed by atoms with Crippen LogP contribution in [0.5, 0.6) is 0 Å². The Labute approximate surface area is 271 Å². The Morgan fingerprint density at radius 3 is 2.20 bits per heavy atom. The zero-order valence-electron chi connectivity index (χ0n) is 25.1. The fraction of sp³-hybridized carbons (Fsp3) is 0.406. The summed E-state index contributed by atoms with van der Waals surface area (Å²) in [4.78, 5) is 31.6. The number of rotatable bonds is 3. The molecule has 3 aliphatic heterocycles. The molecular formula is C32H30Cl2F6N4O2. The lowest BCUT2D eigenvalue weighted by Gasteiger charge is -2.46. The number of benzene rings is 2. The Morgan fingerprint density at radius 1 is 0.913 bits per heavy atom. The maximum atomic E-state index is 14.5. The number of amides is 2. The summed E-state index contributed by atoms with van der Waals surface area (Å²) in [6.45, 7) is 2.38. The smallest absolute Gasteiger partial charge is 0.351 e. The van der Waals surface area contributed by atoms with E-state index in [4.69, 9.17) is 23.2 Å². The fourth-order valence-corrected chi connectivity index (χ4v) is 6.78. The van der Waals surface area contributed by atoms with Crippen molar-refractivity contribution in [3.05, 3.63) is 80.1 Å². The van der Waals surface area contributed by atoms with Crippen LogP contribution in [0.4, 0.5) is 32.0 Å². The van der Waals surface area contributed by atoms with E-state index < -0.39 is 35.1 Å². The first-order valence-corrected chi connectivity index (χ1v) is 15.3. The molecule has 1 aromatic heterocycles. The zero-order valence-corrected chi connectivity index (χ0v) is 26.6. The Morgan fingerprint density at radius 2 is 1.54 bits per heavy atom. The number of unbranched alkanes of at least 4 members (excludes halogenated alkanes) is 1. The first-order valence-electron chi connectivity index (χ1n) is 14.6. The maximum absolute atomic E-state index is 14.5. The molecule has 0 aliphatic carbocycles. The summed E-state index contributed by atoms with van der Waals surface area (Å²) in [5, 5.41) is 3.34. The van der Waals surface area contributed by atoms with Gasteiger partial charge in [-0.3, -0.25) is 9.59 Å². The van der Waals surface area contributed by atoms with E-state index in [-0.39, 0.29) is 81.4 Å². The third kappa shape index (κ3) is 5.78. The standard InChI is InChI=1S/C18H20ClF3N2O.C14H10ClF3N2O/c1-3-4-8-17(18(20,21)22)12-7-9-24(2)16(25)15(12)23-14-6-5-11(19)10-13(14)17;1-20-5-4-8-11(14(16,17)18)9-6-7(15)2-3-10(9)19-12(8)13(20)21/h5-6,10,23H,3-4,7-9H2,1-2H3;2-3,6H,4-5H2,1H3. The van der Waals surface area contributed by atoms with Gasteiger partial charge in [0, 0.05) is 48.3 Å². The van der Waals surface area contributed by atoms with E-state index >= 15 is 0 Å². The van der Waals surface area contributed by atoms with Crippen LogP contribution in [-0.2, 0) is 22.8 Å². The molecule has 4 heterocycles. The largest absolute Gasteiger partial charge is 0.417 e. The highest BCUT2D eigenvalue weighted by Gasteiger charge is 2.61. The molecular weight excluding hydrogens is 657 g/mol. The number of carbonyl (C=O) groups excluding carboxylic acids is 2. The Hall–Kier alpha value is -3.51. The summed E-state index contributed by atoms with van der Waals surface area (Å²) in [5.74, 6) is -0.884. The van der Waals surface area contributed by atoms with Gasteiger partial charge in [0.25, 0.3) is 11.8 Å². The normalized spacial score (nSPS) is 19.7. The van der Waals surface area contributed by atoms with Crippen molar-refractivity contribution in [2.24, 2.45) is 0 Å². The number of fused-ring (bicyclic) bond motifs is 3. The third-order valence-corrected chi connectivity index (χ3v) is 9.21. The lowest BCUT2D eigenvalue weighted by molar-refractivity contribution is -0.183. The molecule has 0 saturated carbocycles. The van der Waals surface area contributed by atoms with Crippen molar-refractivity contribution in [2.45, 2.75) is 56.8 Å². The van der Waals surface area contributed by atoms with Gasteiger partial charge in [-0.2, -0.15) is 26.3 Å². The predicted octanol–water partition coefficient (Wildman–Crippen LogP) is 8.41. The summed E-state index contributed by atoms with van der Waals surface area (Å²) in [7, 11) is 3.15. The van der Waals surface area contributed by atoms with Gasteiger partial charge in [-0.25, -0.2) is 4.98 Å². The average molecular weight is 688 g/mol. The number of alkyl halides is 6. The van der Waals surface area contributed by atoms with Gasteiger partial charge in [-0.1, -0.05) is 43.0 Å². The Kier molecular flexibility index (Phi) is 9.02. The number of hydrogen-bond donors (Lipinski definition) is 1. The van der Waals surface area contributed by atoms with Crippen molar-refractivity contribution >= 4 is 51.6 Å². The van der Waals surface area contributed by atoms with Crippen molar-refractivity contribution in [1.82, 2.24) is 14.8 Å². The molecule has 0 bridgehead atoms. The van der Waals surface area contributed by atoms with Gasteiger partial charge in [0.2, 0.25) is 0 Å². The molecule has 3 aromatic rings. The van der Waals surface area contributed by atoms with E-state index in [1.807, 2.05) is 6.92 Å². The van der Waals surface area contributed by atoms with E-state index in [2.05, 4.69) is 10.3 Å². The Balaban J connectivity index is 0.000000184. The van der Waals surface area contributed by atoms with Crippen LogP contribution in [0.1, 0.15) is 59.8 Å². The van der Waals surface area contributed by atoms with Gasteiger partial charge in [0.05, 0.1) is 11.1 Å². The van der Waals surface area contributed by atoms with Gasteiger partial charge in [0.1, 0.15) is 16.8 Å². The molecule has 0 saturated heterocycles. The van der Waals surface area contributed by atoms with Crippen LogP contribution < -0.4 is 5.32 Å². The lowest BCUT2D eigenvalue weighted by Crippen LogP contribution is -2.52. The molecule has 0 spiro atoms. The quantitative estimate of drug-likeness (QED) is 0.281. The second kappa shape index (κ2) is 12.3. The molecule has 46 heavy (non-hydrogen) atoms. The van der Waals surface area contributed by atoms with Gasteiger partial charge in [-0.15, -0.1) is 0 Å². The van der Waals surface area contributed by atoms with E-state index in [0.717, 1.165) is 0 Å². The van der Waals surface area contributed by atoms with Crippen LogP contribution in [0, 0.1) is 0 Å². The predicted molar refractivity (Wildman–Crippen MR) is 164 cm³/mol. The van der Waals surface area contributed by atoms with E-state index in [0.29, 0.717) is 18.5 Å². The highest BCUT2D eigenvalue weighted by Crippen LogP contribution is 2.57. The van der Waals surface area contributed by atoms with Crippen LogP contribution in [0.15, 0.2) is 47.7 Å². The van der Waals surface area contributed by atoms with Gasteiger partial charge < -0.3 is 15.1 Å². The van der Waals surface area contributed by atoms with Crippen molar-refractivity contribution in [1.29, 1.82) is 0 Å². The van der Waals surface area contributed by atoms with Gasteiger partial charge in [0.15, 0.2) is 0 Å². The topological polar surface area (TPSA) is 65.5 Å². The minimum atomic E-state index is -4.56. The number of hydrogen-bond acceptors (Lipinski definition) is 4. The van der Waals surface area contributed by atoms with Crippen LogP contribution in [-0.4, -0.2) is 60.0 Å². The first kappa shape index (κ1) is 33.8. The van der Waals surface area contributed by atoms with Crippen LogP contribution in [0.25, 0.3) is 10.9 Å². The van der Waals surface area contributed by atoms with E-state index in [1.165, 1.54) is 46.2 Å². The molecule has 3 aliphatic rings. The number of likely N-dealkylation sites (N-methyl/N-ethyl adjacent to an activating group) is 2. The minimum Gasteiger partial charge on any atom is -0.351 e. The number of aromatic nitrogens is 1. The molecule has 2 aromatic carbocycles. The van der Waals surface area contributed by atoms with Crippen molar-refractivity contribution in [3.63, 3.8) is 0 Å². The molecule has 6 nitrogen and oxygen atoms in total. The number of anilines is 1. The summed E-state index contributed by atoms with van der Waals surface area (Å²) in [6, 6.07) is 8.55. The van der Waals surface area contributed by atoms with E-state index in [1.54, 1.807) is 14.1 Å². The van der Waals surface area contributed by atoms with Crippen molar-refractivity contribution in [3.8, 4) is 0 Å². The molecule has 1 atom stereocenters. The number of nitrogens with zero attached hydrogens (tertiary/aromatic N) is 3. The number of halogens is 8. The lowest BCUT2D eigenvalue weighted by atomic mass is 9.65. The second-order valence-corrected chi connectivity index (χ2v) is 12.5. The summed E-state index contributed by atoms with van der Waals surface area (Å²) in [5.41, 5.74) is -2.37. The van der Waals surface area contributed by atoms with Crippen molar-refractivity contribution in [2.75, 3.05) is 32.5 Å². The minimum absolute atomic E-state index is 0.0413. The van der Waals surface area contributed by atoms with Gasteiger partial charge >= 0.3 is 12.4 Å². The highest BCUT2D eigenvalue weighted by molar-refractivity contribution is 6.31. The Bertz CT molecular complexity index is 1760. The summed E-state index contributed by atoms with van der Waals surface area (Å²) < 4.78 is 83.9. The van der Waals surface area contributed by atoms with Crippen LogP contribution >= 0.6 is 23.2 Å². The molecule has 1 N–H and O–H groups in total. The second-order valence-electron chi connectivity index (χ2n) is 11.6.